The van der Waals surface area contributed by atoms with E-state index in [0.29, 0.717) is 5.92 Å². The molecule has 0 saturated heterocycles. The summed E-state index contributed by atoms with van der Waals surface area (Å²) in [5.41, 5.74) is 2.25. The van der Waals surface area contributed by atoms with Gasteiger partial charge in [0.1, 0.15) is 5.75 Å². The average Bonchev–Trinajstić information content (AvgIpc) is 3.17. The molecule has 4 heteroatoms. The summed E-state index contributed by atoms with van der Waals surface area (Å²) in [6.45, 7) is 3.21. The van der Waals surface area contributed by atoms with Crippen LogP contribution >= 0.6 is 11.6 Å². The van der Waals surface area contributed by atoms with E-state index >= 15 is 0 Å². The van der Waals surface area contributed by atoms with E-state index in [1.807, 2.05) is 20.8 Å². The zero-order valence-corrected chi connectivity index (χ0v) is 11.7. The van der Waals surface area contributed by atoms with Crippen LogP contribution < -0.4 is 4.74 Å². The number of rotatable bonds is 4. The summed E-state index contributed by atoms with van der Waals surface area (Å²) in [6, 6.07) is 3.41. The Bertz CT molecular complexity index is 390. The van der Waals surface area contributed by atoms with Crippen molar-refractivity contribution in [2.75, 3.05) is 0 Å². The lowest BCUT2D eigenvalue weighted by Crippen LogP contribution is -2.04. The highest BCUT2D eigenvalue weighted by Gasteiger charge is 2.27. The molecule has 1 aromatic rings. The predicted molar refractivity (Wildman–Crippen MR) is 70.8 cm³/mol. The van der Waals surface area contributed by atoms with E-state index in [4.69, 9.17) is 11.6 Å². The fourth-order valence-electron chi connectivity index (χ4n) is 1.88. The van der Waals surface area contributed by atoms with Gasteiger partial charge in [0.25, 0.3) is 0 Å². The van der Waals surface area contributed by atoms with Crippen molar-refractivity contribution in [3.63, 3.8) is 0 Å². The van der Waals surface area contributed by atoms with Crippen molar-refractivity contribution in [1.82, 2.24) is 0 Å². The lowest BCUT2D eigenvalue weighted by molar-refractivity contribution is -0.0498. The van der Waals surface area contributed by atoms with Crippen LogP contribution in [0.3, 0.4) is 0 Å². The zero-order chi connectivity index (χ0) is 13.7. The van der Waals surface area contributed by atoms with E-state index in [1.54, 1.807) is 12.1 Å². The van der Waals surface area contributed by atoms with Gasteiger partial charge in [-0.2, -0.15) is 8.78 Å². The molecular formula is C14H19ClF2O. The third kappa shape index (κ3) is 3.84. The molecule has 0 N–H and O–H groups in total. The van der Waals surface area contributed by atoms with Crippen LogP contribution in [0.15, 0.2) is 12.1 Å². The van der Waals surface area contributed by atoms with Crippen LogP contribution in [0.5, 0.6) is 5.75 Å². The first kappa shape index (κ1) is 15.2. The second kappa shape index (κ2) is 6.93. The normalized spacial score (nSPS) is 14.2. The van der Waals surface area contributed by atoms with Crippen LogP contribution in [-0.2, 0) is 6.42 Å². The van der Waals surface area contributed by atoms with Crippen molar-refractivity contribution in [2.45, 2.75) is 52.6 Å². The van der Waals surface area contributed by atoms with E-state index in [-0.39, 0.29) is 10.8 Å². The highest BCUT2D eigenvalue weighted by Crippen LogP contribution is 2.44. The van der Waals surface area contributed by atoms with Crippen LogP contribution in [0.4, 0.5) is 8.78 Å². The van der Waals surface area contributed by atoms with Gasteiger partial charge in [-0.25, -0.2) is 0 Å². The summed E-state index contributed by atoms with van der Waals surface area (Å²) in [5, 5.41) is 0.265. The summed E-state index contributed by atoms with van der Waals surface area (Å²) >= 11 is 5.89. The van der Waals surface area contributed by atoms with Crippen molar-refractivity contribution >= 4 is 11.6 Å². The van der Waals surface area contributed by atoms with Crippen LogP contribution in [-0.4, -0.2) is 6.61 Å². The van der Waals surface area contributed by atoms with Gasteiger partial charge >= 0.3 is 6.61 Å². The number of ether oxygens (including phenoxy) is 1. The summed E-state index contributed by atoms with van der Waals surface area (Å²) in [6.07, 6.45) is 3.12. The highest BCUT2D eigenvalue weighted by atomic mass is 35.5. The smallest absolute Gasteiger partial charge is 0.387 e. The first-order valence-corrected chi connectivity index (χ1v) is 6.76. The van der Waals surface area contributed by atoms with Crippen molar-refractivity contribution in [1.29, 1.82) is 0 Å². The minimum Gasteiger partial charge on any atom is -0.433 e. The molecule has 0 spiro atoms. The van der Waals surface area contributed by atoms with Gasteiger partial charge in [0.15, 0.2) is 0 Å². The van der Waals surface area contributed by atoms with Gasteiger partial charge in [0, 0.05) is 0 Å². The zero-order valence-electron chi connectivity index (χ0n) is 11.0. The number of aryl methyl sites for hydroxylation is 1. The first-order valence-electron chi connectivity index (χ1n) is 6.39. The van der Waals surface area contributed by atoms with Gasteiger partial charge in [0.2, 0.25) is 0 Å². The molecule has 0 atom stereocenters. The molecule has 0 aliphatic heterocycles. The first-order chi connectivity index (χ1) is 8.61. The molecule has 2 rings (SSSR count). The largest absolute Gasteiger partial charge is 0.433 e. The van der Waals surface area contributed by atoms with E-state index in [0.717, 1.165) is 30.4 Å². The van der Waals surface area contributed by atoms with Crippen LogP contribution in [0, 0.1) is 0 Å². The average molecular weight is 277 g/mol. The molecule has 18 heavy (non-hydrogen) atoms. The fourth-order valence-corrected chi connectivity index (χ4v) is 2.11. The molecule has 1 nitrogen and oxygen atoms in total. The molecule has 0 heterocycles. The molecule has 1 aromatic carbocycles. The number of halogens is 3. The summed E-state index contributed by atoms with van der Waals surface area (Å²) in [5.74, 6) is 0.600. The summed E-state index contributed by atoms with van der Waals surface area (Å²) < 4.78 is 28.7. The van der Waals surface area contributed by atoms with Gasteiger partial charge in [-0.15, -0.1) is 0 Å². The van der Waals surface area contributed by atoms with Gasteiger partial charge in [-0.3, -0.25) is 0 Å². The maximum Gasteiger partial charge on any atom is 0.387 e. The number of benzene rings is 1. The number of alkyl halides is 2. The monoisotopic (exact) mass is 276 g/mol. The Kier molecular flexibility index (Phi) is 5.86. The molecular weight excluding hydrogens is 258 g/mol. The molecule has 1 aliphatic rings. The lowest BCUT2D eigenvalue weighted by Gasteiger charge is -2.12. The molecule has 0 radical (unpaired) electrons. The Morgan fingerprint density at radius 2 is 1.94 bits per heavy atom. The van der Waals surface area contributed by atoms with Crippen molar-refractivity contribution < 1.29 is 13.5 Å². The number of hydrogen-bond acceptors (Lipinski definition) is 1. The standard InChI is InChI=1S/C12H13ClF2O.C2H6/c1-2-7-5-10(13)11(16-12(14)15)6-9(7)8-3-4-8;1-2/h5-6,8,12H,2-4H2,1H3;1-2H3. The molecule has 1 aliphatic carbocycles. The van der Waals surface area contributed by atoms with Gasteiger partial charge in [-0.1, -0.05) is 32.4 Å². The Morgan fingerprint density at radius 3 is 2.39 bits per heavy atom. The van der Waals surface area contributed by atoms with E-state index < -0.39 is 6.61 Å². The van der Waals surface area contributed by atoms with E-state index in [2.05, 4.69) is 4.74 Å². The third-order valence-corrected chi connectivity index (χ3v) is 3.10. The van der Waals surface area contributed by atoms with Crippen molar-refractivity contribution in [3.05, 3.63) is 28.3 Å². The second-order valence-corrected chi connectivity index (χ2v) is 4.39. The lowest BCUT2D eigenvalue weighted by atomic mass is 10.0. The van der Waals surface area contributed by atoms with Crippen molar-refractivity contribution in [3.8, 4) is 5.75 Å². The molecule has 0 unspecified atom stereocenters. The Labute approximate surface area is 112 Å². The van der Waals surface area contributed by atoms with E-state index in [9.17, 15) is 8.78 Å². The topological polar surface area (TPSA) is 9.23 Å². The Balaban J connectivity index is 0.000000771. The Hall–Kier alpha value is -0.830. The van der Waals surface area contributed by atoms with Gasteiger partial charge in [-0.05, 0) is 48.4 Å². The van der Waals surface area contributed by atoms with Crippen molar-refractivity contribution in [2.24, 2.45) is 0 Å². The fraction of sp³-hybridized carbons (Fsp3) is 0.571. The molecule has 0 bridgehead atoms. The van der Waals surface area contributed by atoms with Gasteiger partial charge in [0.05, 0.1) is 5.02 Å². The minimum atomic E-state index is -2.82. The molecule has 1 fully saturated rings. The molecule has 0 aromatic heterocycles. The predicted octanol–water partition coefficient (Wildman–Crippen LogP) is 5.41. The second-order valence-electron chi connectivity index (χ2n) is 3.99. The van der Waals surface area contributed by atoms with Gasteiger partial charge < -0.3 is 4.74 Å². The molecule has 1 saturated carbocycles. The van der Waals surface area contributed by atoms with E-state index in [1.165, 1.54) is 0 Å². The maximum atomic E-state index is 12.2. The SMILES string of the molecule is CC.CCc1cc(Cl)c(OC(F)F)cc1C1CC1. The molecule has 102 valence electrons. The van der Waals surface area contributed by atoms with Crippen LogP contribution in [0.25, 0.3) is 0 Å². The molecule has 0 amide bonds. The Morgan fingerprint density at radius 1 is 1.33 bits per heavy atom. The highest BCUT2D eigenvalue weighted by molar-refractivity contribution is 6.32. The third-order valence-electron chi connectivity index (χ3n) is 2.81. The quantitative estimate of drug-likeness (QED) is 0.715. The maximum absolute atomic E-state index is 12.2. The summed E-state index contributed by atoms with van der Waals surface area (Å²) in [4.78, 5) is 0. The minimum absolute atomic E-state index is 0.0933. The van der Waals surface area contributed by atoms with Crippen LogP contribution in [0.1, 0.15) is 50.7 Å². The van der Waals surface area contributed by atoms with Crippen LogP contribution in [0.2, 0.25) is 5.02 Å². The number of hydrogen-bond donors (Lipinski definition) is 0. The summed E-state index contributed by atoms with van der Waals surface area (Å²) in [7, 11) is 0.